The first-order valence-corrected chi connectivity index (χ1v) is 8.25. The molecule has 7 nitrogen and oxygen atoms in total. The van der Waals surface area contributed by atoms with Crippen molar-refractivity contribution >= 4 is 11.7 Å². The first kappa shape index (κ1) is 15.9. The maximum atomic E-state index is 12.3. The molecule has 1 saturated carbocycles. The SMILES string of the molecule is Cc1nc2ncnn2c(C)c1CCC(=O)NC1CCCC1CN. The lowest BCUT2D eigenvalue weighted by molar-refractivity contribution is -0.122. The lowest BCUT2D eigenvalue weighted by atomic mass is 10.0. The van der Waals surface area contributed by atoms with Gasteiger partial charge < -0.3 is 11.1 Å². The van der Waals surface area contributed by atoms with E-state index in [0.29, 0.717) is 31.1 Å². The summed E-state index contributed by atoms with van der Waals surface area (Å²) in [6.45, 7) is 4.59. The summed E-state index contributed by atoms with van der Waals surface area (Å²) < 4.78 is 1.72. The molecule has 2 atom stereocenters. The number of carbonyl (C=O) groups is 1. The van der Waals surface area contributed by atoms with E-state index in [0.717, 1.165) is 36.2 Å². The minimum absolute atomic E-state index is 0.0906. The monoisotopic (exact) mass is 316 g/mol. The van der Waals surface area contributed by atoms with Crippen LogP contribution in [0.1, 0.15) is 42.6 Å². The zero-order chi connectivity index (χ0) is 16.4. The van der Waals surface area contributed by atoms with Gasteiger partial charge in [-0.3, -0.25) is 4.79 Å². The van der Waals surface area contributed by atoms with Crippen molar-refractivity contribution in [3.05, 3.63) is 23.3 Å². The summed E-state index contributed by atoms with van der Waals surface area (Å²) in [5, 5.41) is 7.33. The maximum Gasteiger partial charge on any atom is 0.252 e. The molecule has 2 aromatic heterocycles. The van der Waals surface area contributed by atoms with E-state index < -0.39 is 0 Å². The average molecular weight is 316 g/mol. The Bertz CT molecular complexity index is 710. The van der Waals surface area contributed by atoms with Crippen LogP contribution in [0, 0.1) is 19.8 Å². The van der Waals surface area contributed by atoms with Gasteiger partial charge in [0.25, 0.3) is 5.78 Å². The second-order valence-electron chi connectivity index (χ2n) is 6.33. The zero-order valence-corrected chi connectivity index (χ0v) is 13.7. The average Bonchev–Trinajstić information content (AvgIpc) is 3.15. The normalized spacial score (nSPS) is 21.0. The lowest BCUT2D eigenvalue weighted by Crippen LogP contribution is -2.40. The molecule has 1 aliphatic rings. The van der Waals surface area contributed by atoms with Gasteiger partial charge in [0.15, 0.2) is 0 Å². The van der Waals surface area contributed by atoms with Crippen molar-refractivity contribution in [3.8, 4) is 0 Å². The fourth-order valence-corrected chi connectivity index (χ4v) is 3.54. The van der Waals surface area contributed by atoms with Gasteiger partial charge >= 0.3 is 0 Å². The molecule has 2 unspecified atom stereocenters. The molecule has 1 fully saturated rings. The van der Waals surface area contributed by atoms with Crippen LogP contribution < -0.4 is 11.1 Å². The van der Waals surface area contributed by atoms with Gasteiger partial charge in [-0.1, -0.05) is 6.42 Å². The summed E-state index contributed by atoms with van der Waals surface area (Å²) in [5.74, 6) is 1.12. The van der Waals surface area contributed by atoms with Gasteiger partial charge in [-0.15, -0.1) is 0 Å². The highest BCUT2D eigenvalue weighted by atomic mass is 16.1. The number of hydrogen-bond acceptors (Lipinski definition) is 5. The number of aryl methyl sites for hydroxylation is 2. The van der Waals surface area contributed by atoms with Gasteiger partial charge in [0.2, 0.25) is 5.91 Å². The summed E-state index contributed by atoms with van der Waals surface area (Å²) >= 11 is 0. The third-order valence-electron chi connectivity index (χ3n) is 4.90. The number of amides is 1. The molecule has 0 saturated heterocycles. The molecule has 1 amide bonds. The van der Waals surface area contributed by atoms with Crippen molar-refractivity contribution in [2.75, 3.05) is 6.54 Å². The van der Waals surface area contributed by atoms with E-state index in [1.165, 1.54) is 6.33 Å². The third-order valence-corrected chi connectivity index (χ3v) is 4.90. The Morgan fingerprint density at radius 3 is 3.04 bits per heavy atom. The van der Waals surface area contributed by atoms with Crippen molar-refractivity contribution in [1.82, 2.24) is 24.9 Å². The van der Waals surface area contributed by atoms with Gasteiger partial charge in [-0.25, -0.2) is 9.50 Å². The predicted octanol–water partition coefficient (Wildman–Crippen LogP) is 0.917. The topological polar surface area (TPSA) is 98.2 Å². The van der Waals surface area contributed by atoms with Crippen molar-refractivity contribution in [3.63, 3.8) is 0 Å². The summed E-state index contributed by atoms with van der Waals surface area (Å²) in [6.07, 6.45) is 5.92. The van der Waals surface area contributed by atoms with E-state index in [4.69, 9.17) is 5.73 Å². The highest BCUT2D eigenvalue weighted by molar-refractivity contribution is 5.76. The van der Waals surface area contributed by atoms with E-state index in [9.17, 15) is 4.79 Å². The molecule has 0 spiro atoms. The van der Waals surface area contributed by atoms with Gasteiger partial charge in [0.05, 0.1) is 0 Å². The maximum absolute atomic E-state index is 12.3. The Hall–Kier alpha value is -2.02. The first-order chi connectivity index (χ1) is 11.1. The molecule has 0 aromatic carbocycles. The number of rotatable bonds is 5. The van der Waals surface area contributed by atoms with E-state index in [2.05, 4.69) is 20.4 Å². The van der Waals surface area contributed by atoms with Crippen LogP contribution in [0.15, 0.2) is 6.33 Å². The van der Waals surface area contributed by atoms with E-state index in [-0.39, 0.29) is 11.9 Å². The van der Waals surface area contributed by atoms with Crippen molar-refractivity contribution in [2.45, 2.75) is 52.0 Å². The Morgan fingerprint density at radius 2 is 2.26 bits per heavy atom. The quantitative estimate of drug-likeness (QED) is 0.854. The summed E-state index contributed by atoms with van der Waals surface area (Å²) in [4.78, 5) is 20.8. The molecule has 3 N–H and O–H groups in total. The number of hydrogen-bond donors (Lipinski definition) is 2. The van der Waals surface area contributed by atoms with Gasteiger partial charge in [0.1, 0.15) is 6.33 Å². The minimum Gasteiger partial charge on any atom is -0.353 e. The Balaban J connectivity index is 1.65. The summed E-state index contributed by atoms with van der Waals surface area (Å²) in [5.41, 5.74) is 8.75. The largest absolute Gasteiger partial charge is 0.353 e. The first-order valence-electron chi connectivity index (χ1n) is 8.25. The van der Waals surface area contributed by atoms with E-state index >= 15 is 0 Å². The molecule has 124 valence electrons. The molecule has 0 aliphatic heterocycles. The van der Waals surface area contributed by atoms with Gasteiger partial charge in [-0.05, 0) is 51.1 Å². The van der Waals surface area contributed by atoms with Crippen LogP contribution in [0.25, 0.3) is 5.78 Å². The molecule has 7 heteroatoms. The highest BCUT2D eigenvalue weighted by Crippen LogP contribution is 2.24. The van der Waals surface area contributed by atoms with Gasteiger partial charge in [0, 0.05) is 23.9 Å². The second-order valence-corrected chi connectivity index (χ2v) is 6.33. The van der Waals surface area contributed by atoms with Crippen LogP contribution in [0.3, 0.4) is 0 Å². The predicted molar refractivity (Wildman–Crippen MR) is 86.9 cm³/mol. The van der Waals surface area contributed by atoms with E-state index in [1.807, 2.05) is 13.8 Å². The molecule has 3 rings (SSSR count). The molecular weight excluding hydrogens is 292 g/mol. The molecule has 2 aromatic rings. The van der Waals surface area contributed by atoms with Crippen LogP contribution in [0.5, 0.6) is 0 Å². The number of nitrogens with two attached hydrogens (primary N) is 1. The molecule has 0 bridgehead atoms. The third kappa shape index (κ3) is 3.19. The highest BCUT2D eigenvalue weighted by Gasteiger charge is 2.27. The van der Waals surface area contributed by atoms with Crippen molar-refractivity contribution < 1.29 is 4.79 Å². The van der Waals surface area contributed by atoms with Crippen LogP contribution in [-0.2, 0) is 11.2 Å². The second kappa shape index (κ2) is 6.62. The smallest absolute Gasteiger partial charge is 0.252 e. The Labute approximate surface area is 135 Å². The molecular formula is C16H24N6O. The summed E-state index contributed by atoms with van der Waals surface area (Å²) in [7, 11) is 0. The fraction of sp³-hybridized carbons (Fsp3) is 0.625. The molecule has 1 aliphatic carbocycles. The van der Waals surface area contributed by atoms with Crippen LogP contribution in [0.2, 0.25) is 0 Å². The number of nitrogens with zero attached hydrogens (tertiary/aromatic N) is 4. The molecule has 2 heterocycles. The van der Waals surface area contributed by atoms with Crippen LogP contribution in [0.4, 0.5) is 0 Å². The number of fused-ring (bicyclic) bond motifs is 1. The minimum atomic E-state index is 0.0906. The van der Waals surface area contributed by atoms with Gasteiger partial charge in [-0.2, -0.15) is 10.1 Å². The number of carbonyl (C=O) groups excluding carboxylic acids is 1. The summed E-state index contributed by atoms with van der Waals surface area (Å²) in [6, 6.07) is 0.241. The molecule has 0 radical (unpaired) electrons. The van der Waals surface area contributed by atoms with Crippen LogP contribution in [-0.4, -0.2) is 38.1 Å². The zero-order valence-electron chi connectivity index (χ0n) is 13.7. The standard InChI is InChI=1S/C16H24N6O/c1-10-13(11(2)22-16(20-10)18-9-19-22)6-7-15(23)21-14-5-3-4-12(14)8-17/h9,12,14H,3-8,17H2,1-2H3,(H,21,23). The van der Waals surface area contributed by atoms with Crippen LogP contribution >= 0.6 is 0 Å². The Morgan fingerprint density at radius 1 is 1.43 bits per heavy atom. The van der Waals surface area contributed by atoms with Crippen molar-refractivity contribution in [1.29, 1.82) is 0 Å². The Kier molecular flexibility index (Phi) is 4.56. The number of aromatic nitrogens is 4. The molecule has 23 heavy (non-hydrogen) atoms. The van der Waals surface area contributed by atoms with Crippen molar-refractivity contribution in [2.24, 2.45) is 11.7 Å². The fourth-order valence-electron chi connectivity index (χ4n) is 3.54. The number of nitrogens with one attached hydrogen (secondary N) is 1. The lowest BCUT2D eigenvalue weighted by Gasteiger charge is -2.19. The van der Waals surface area contributed by atoms with E-state index in [1.54, 1.807) is 4.52 Å².